The number of fused-ring (bicyclic) bond motifs is 1. The van der Waals surface area contributed by atoms with E-state index < -0.39 is 0 Å². The van der Waals surface area contributed by atoms with E-state index in [-0.39, 0.29) is 6.04 Å². The van der Waals surface area contributed by atoms with Crippen molar-refractivity contribution in [2.75, 3.05) is 14.1 Å². The Morgan fingerprint density at radius 2 is 2.00 bits per heavy atom. The number of aromatic amines is 1. The molecule has 0 aliphatic rings. The van der Waals surface area contributed by atoms with Crippen LogP contribution < -0.4 is 0 Å². The molecule has 0 amide bonds. The van der Waals surface area contributed by atoms with Gasteiger partial charge in [0.25, 0.3) is 0 Å². The average Bonchev–Trinajstić information content (AvgIpc) is 2.95. The van der Waals surface area contributed by atoms with Crippen molar-refractivity contribution < 1.29 is 0 Å². The number of hydrogen-bond acceptors (Lipinski definition) is 2. The summed E-state index contributed by atoms with van der Waals surface area (Å²) in [5, 5.41) is 5.60. The Balaban J connectivity index is 2.22. The number of hydrogen-bond donors (Lipinski definition) is 1. The molecule has 0 spiro atoms. The fraction of sp³-hybridized carbons (Fsp3) is 0.312. The lowest BCUT2D eigenvalue weighted by molar-refractivity contribution is 0.343. The molecule has 0 bridgehead atoms. The van der Waals surface area contributed by atoms with Gasteiger partial charge in [-0.25, -0.2) is 0 Å². The van der Waals surface area contributed by atoms with E-state index in [1.54, 1.807) is 0 Å². The second-order valence-corrected chi connectivity index (χ2v) is 5.52. The molecule has 20 heavy (non-hydrogen) atoms. The van der Waals surface area contributed by atoms with Gasteiger partial charge in [-0.15, -0.1) is 0 Å². The number of rotatable bonds is 3. The Bertz CT molecular complexity index is 736. The van der Waals surface area contributed by atoms with E-state index in [0.29, 0.717) is 0 Å². The molecule has 0 fully saturated rings. The molecule has 4 nitrogen and oxygen atoms in total. The maximum Gasteiger partial charge on any atom is 0.0651 e. The van der Waals surface area contributed by atoms with Crippen molar-refractivity contribution in [3.05, 3.63) is 53.5 Å². The number of nitrogens with zero attached hydrogens (tertiary/aromatic N) is 3. The third kappa shape index (κ3) is 2.02. The van der Waals surface area contributed by atoms with E-state index in [4.69, 9.17) is 0 Å². The highest BCUT2D eigenvalue weighted by atomic mass is 15.2. The Labute approximate surface area is 119 Å². The molecule has 3 aromatic rings. The third-order valence-electron chi connectivity index (χ3n) is 3.77. The van der Waals surface area contributed by atoms with Crippen LogP contribution in [0.3, 0.4) is 0 Å². The van der Waals surface area contributed by atoms with Crippen LogP contribution in [0, 0.1) is 6.92 Å². The van der Waals surface area contributed by atoms with Gasteiger partial charge < -0.3 is 4.98 Å². The monoisotopic (exact) mass is 268 g/mol. The topological polar surface area (TPSA) is 36.9 Å². The van der Waals surface area contributed by atoms with Crippen LogP contribution in [0.25, 0.3) is 10.9 Å². The van der Waals surface area contributed by atoms with Crippen molar-refractivity contribution in [3.63, 3.8) is 0 Å². The van der Waals surface area contributed by atoms with Crippen LogP contribution in [-0.4, -0.2) is 33.8 Å². The van der Waals surface area contributed by atoms with Gasteiger partial charge in [0.15, 0.2) is 0 Å². The molecular formula is C16H20N4. The van der Waals surface area contributed by atoms with Crippen LogP contribution >= 0.6 is 0 Å². The number of para-hydroxylation sites is 1. The summed E-state index contributed by atoms with van der Waals surface area (Å²) in [4.78, 5) is 5.72. The van der Waals surface area contributed by atoms with Gasteiger partial charge in [0.2, 0.25) is 0 Å². The zero-order chi connectivity index (χ0) is 14.3. The Hall–Kier alpha value is -2.07. The number of H-pyrrole nitrogens is 1. The number of benzene rings is 1. The summed E-state index contributed by atoms with van der Waals surface area (Å²) in [5.74, 6) is 0. The molecule has 1 aromatic carbocycles. The molecule has 0 saturated heterocycles. The lowest BCUT2D eigenvalue weighted by atomic mass is 9.97. The molecule has 0 radical (unpaired) electrons. The highest BCUT2D eigenvalue weighted by Crippen LogP contribution is 2.34. The van der Waals surface area contributed by atoms with E-state index in [0.717, 1.165) is 0 Å². The molecule has 1 unspecified atom stereocenters. The molecule has 4 heteroatoms. The van der Waals surface area contributed by atoms with E-state index in [9.17, 15) is 0 Å². The fourth-order valence-corrected chi connectivity index (χ4v) is 2.96. The lowest BCUT2D eigenvalue weighted by Gasteiger charge is -2.24. The van der Waals surface area contributed by atoms with Crippen molar-refractivity contribution in [2.24, 2.45) is 7.05 Å². The van der Waals surface area contributed by atoms with Crippen LogP contribution in [0.1, 0.15) is 22.9 Å². The zero-order valence-corrected chi connectivity index (χ0v) is 12.4. The van der Waals surface area contributed by atoms with Crippen molar-refractivity contribution in [1.82, 2.24) is 19.7 Å². The summed E-state index contributed by atoms with van der Waals surface area (Å²) in [6.07, 6.45) is 4.04. The maximum absolute atomic E-state index is 4.32. The smallest absolute Gasteiger partial charge is 0.0651 e. The van der Waals surface area contributed by atoms with Gasteiger partial charge in [0.05, 0.1) is 12.2 Å². The molecule has 2 heterocycles. The maximum atomic E-state index is 4.32. The van der Waals surface area contributed by atoms with Crippen LogP contribution in [0.15, 0.2) is 36.7 Å². The summed E-state index contributed by atoms with van der Waals surface area (Å²) in [7, 11) is 6.18. The minimum Gasteiger partial charge on any atom is -0.358 e. The van der Waals surface area contributed by atoms with Gasteiger partial charge in [0.1, 0.15) is 0 Å². The van der Waals surface area contributed by atoms with Crippen LogP contribution in [-0.2, 0) is 7.05 Å². The van der Waals surface area contributed by atoms with Crippen molar-refractivity contribution in [3.8, 4) is 0 Å². The Morgan fingerprint density at radius 1 is 1.25 bits per heavy atom. The summed E-state index contributed by atoms with van der Waals surface area (Å²) >= 11 is 0. The molecule has 0 aliphatic heterocycles. The fourth-order valence-electron chi connectivity index (χ4n) is 2.96. The van der Waals surface area contributed by atoms with Crippen LogP contribution in [0.4, 0.5) is 0 Å². The van der Waals surface area contributed by atoms with Crippen LogP contribution in [0.2, 0.25) is 0 Å². The second kappa shape index (κ2) is 4.80. The summed E-state index contributed by atoms with van der Waals surface area (Å²) in [5.41, 5.74) is 4.95. The predicted octanol–water partition coefficient (Wildman–Crippen LogP) is 2.86. The van der Waals surface area contributed by atoms with Gasteiger partial charge in [-0.1, -0.05) is 18.2 Å². The molecule has 0 saturated carbocycles. The highest BCUT2D eigenvalue weighted by Gasteiger charge is 2.23. The van der Waals surface area contributed by atoms with Gasteiger partial charge in [-0.05, 0) is 27.1 Å². The molecular weight excluding hydrogens is 248 g/mol. The molecule has 0 aliphatic carbocycles. The lowest BCUT2D eigenvalue weighted by Crippen LogP contribution is -2.21. The van der Waals surface area contributed by atoms with Gasteiger partial charge >= 0.3 is 0 Å². The first-order valence-electron chi connectivity index (χ1n) is 6.80. The van der Waals surface area contributed by atoms with Gasteiger partial charge in [-0.2, -0.15) is 5.10 Å². The standard InChI is InChI=1S/C16H20N4/c1-11-15(13-7-5-6-8-14(13)18-11)16(19(2)3)12-9-17-20(4)10-12/h5-10,16,18H,1-4H3. The van der Waals surface area contributed by atoms with E-state index in [1.165, 1.54) is 27.7 Å². The quantitative estimate of drug-likeness (QED) is 0.793. The second-order valence-electron chi connectivity index (χ2n) is 5.52. The van der Waals surface area contributed by atoms with E-state index in [1.807, 2.05) is 17.9 Å². The Kier molecular flexibility index (Phi) is 3.10. The SMILES string of the molecule is Cc1[nH]c2ccccc2c1C(c1cnn(C)c1)N(C)C. The van der Waals surface area contributed by atoms with Crippen molar-refractivity contribution >= 4 is 10.9 Å². The molecule has 2 aromatic heterocycles. The first-order chi connectivity index (χ1) is 9.58. The Morgan fingerprint density at radius 3 is 2.65 bits per heavy atom. The average molecular weight is 268 g/mol. The largest absolute Gasteiger partial charge is 0.358 e. The van der Waals surface area contributed by atoms with Crippen molar-refractivity contribution in [2.45, 2.75) is 13.0 Å². The van der Waals surface area contributed by atoms with Gasteiger partial charge in [0, 0.05) is 41.0 Å². The number of aromatic nitrogens is 3. The summed E-state index contributed by atoms with van der Waals surface area (Å²) in [6.45, 7) is 2.14. The first kappa shape index (κ1) is 12.9. The summed E-state index contributed by atoms with van der Waals surface area (Å²) < 4.78 is 1.86. The van der Waals surface area contributed by atoms with E-state index >= 15 is 0 Å². The van der Waals surface area contributed by atoms with Crippen molar-refractivity contribution in [1.29, 1.82) is 0 Å². The number of nitrogens with one attached hydrogen (secondary N) is 1. The first-order valence-corrected chi connectivity index (χ1v) is 6.80. The normalized spacial score (nSPS) is 13.2. The minimum atomic E-state index is 0.208. The minimum absolute atomic E-state index is 0.208. The zero-order valence-electron chi connectivity index (χ0n) is 12.4. The predicted molar refractivity (Wildman–Crippen MR) is 81.8 cm³/mol. The van der Waals surface area contributed by atoms with E-state index in [2.05, 4.69) is 66.5 Å². The molecule has 1 N–H and O–H groups in total. The molecule has 3 rings (SSSR count). The third-order valence-corrected chi connectivity index (χ3v) is 3.77. The number of aryl methyl sites for hydroxylation is 2. The highest BCUT2D eigenvalue weighted by molar-refractivity contribution is 5.85. The molecule has 104 valence electrons. The van der Waals surface area contributed by atoms with Gasteiger partial charge in [-0.3, -0.25) is 9.58 Å². The van der Waals surface area contributed by atoms with Crippen LogP contribution in [0.5, 0.6) is 0 Å². The summed E-state index contributed by atoms with van der Waals surface area (Å²) in [6, 6.07) is 8.68. The molecule has 1 atom stereocenters.